The molecular weight excluding hydrogens is 416 g/mol. The fraction of sp³-hybridized carbons (Fsp3) is 0.261. The Bertz CT molecular complexity index is 1020. The molecule has 0 fully saturated rings. The number of amides is 1. The van der Waals surface area contributed by atoms with Gasteiger partial charge in [0.25, 0.3) is 0 Å². The van der Waals surface area contributed by atoms with Crippen LogP contribution in [-0.4, -0.2) is 36.6 Å². The van der Waals surface area contributed by atoms with E-state index in [4.69, 9.17) is 0 Å². The molecule has 1 heterocycles. The molecule has 0 aliphatic heterocycles. The van der Waals surface area contributed by atoms with Crippen LogP contribution in [0, 0.1) is 0 Å². The maximum atomic E-state index is 13.3. The standard InChI is InChI=1S/C23H26N2O3S2/c1-2-15-25(30(27,28)22-13-7-4-8-14-22)19-23(26)24(18-21-12-9-16-29-21)17-20-10-5-3-6-11-20/h3-14,16H,2,15,17-19H2,1H3. The minimum atomic E-state index is -3.74. The first kappa shape index (κ1) is 22.2. The van der Waals surface area contributed by atoms with E-state index < -0.39 is 10.0 Å². The van der Waals surface area contributed by atoms with Gasteiger partial charge in [0.15, 0.2) is 0 Å². The molecule has 0 unspecified atom stereocenters. The molecule has 0 aliphatic carbocycles. The molecule has 3 aromatic rings. The summed E-state index contributed by atoms with van der Waals surface area (Å²) in [7, 11) is -3.74. The van der Waals surface area contributed by atoms with Crippen LogP contribution in [-0.2, 0) is 27.9 Å². The Morgan fingerprint density at radius 2 is 1.57 bits per heavy atom. The summed E-state index contributed by atoms with van der Waals surface area (Å²) in [5.74, 6) is -0.208. The van der Waals surface area contributed by atoms with Crippen molar-refractivity contribution in [2.45, 2.75) is 31.3 Å². The molecule has 7 heteroatoms. The number of hydrogen-bond acceptors (Lipinski definition) is 4. The van der Waals surface area contributed by atoms with Crippen LogP contribution in [0.1, 0.15) is 23.8 Å². The Balaban J connectivity index is 1.82. The van der Waals surface area contributed by atoms with Crippen LogP contribution in [0.5, 0.6) is 0 Å². The summed E-state index contributed by atoms with van der Waals surface area (Å²) >= 11 is 1.59. The van der Waals surface area contributed by atoms with Gasteiger partial charge in [-0.05, 0) is 35.6 Å². The van der Waals surface area contributed by atoms with Gasteiger partial charge >= 0.3 is 0 Å². The van der Waals surface area contributed by atoms with E-state index in [0.717, 1.165) is 10.4 Å². The molecular formula is C23H26N2O3S2. The Morgan fingerprint density at radius 1 is 0.900 bits per heavy atom. The number of sulfonamides is 1. The minimum Gasteiger partial charge on any atom is -0.332 e. The van der Waals surface area contributed by atoms with Crippen molar-refractivity contribution in [2.75, 3.05) is 13.1 Å². The lowest BCUT2D eigenvalue weighted by Crippen LogP contribution is -2.42. The average Bonchev–Trinajstić information content (AvgIpc) is 3.27. The second-order valence-electron chi connectivity index (χ2n) is 6.97. The van der Waals surface area contributed by atoms with E-state index in [2.05, 4.69) is 0 Å². The summed E-state index contributed by atoms with van der Waals surface area (Å²) in [6.45, 7) is 2.91. The van der Waals surface area contributed by atoms with Crippen molar-refractivity contribution in [1.29, 1.82) is 0 Å². The lowest BCUT2D eigenvalue weighted by atomic mass is 10.2. The number of thiophene rings is 1. The van der Waals surface area contributed by atoms with Crippen LogP contribution in [0.2, 0.25) is 0 Å². The van der Waals surface area contributed by atoms with E-state index in [0.29, 0.717) is 26.1 Å². The molecule has 2 aromatic carbocycles. The van der Waals surface area contributed by atoms with Crippen LogP contribution >= 0.6 is 11.3 Å². The van der Waals surface area contributed by atoms with Gasteiger partial charge in [0.2, 0.25) is 15.9 Å². The van der Waals surface area contributed by atoms with Crippen molar-refractivity contribution in [1.82, 2.24) is 9.21 Å². The van der Waals surface area contributed by atoms with E-state index in [9.17, 15) is 13.2 Å². The van der Waals surface area contributed by atoms with Crippen LogP contribution in [0.3, 0.4) is 0 Å². The zero-order chi connectivity index (χ0) is 21.4. The molecule has 0 saturated heterocycles. The zero-order valence-electron chi connectivity index (χ0n) is 17.0. The molecule has 0 atom stereocenters. The summed E-state index contributed by atoms with van der Waals surface area (Å²) in [6, 6.07) is 22.0. The Labute approximate surface area is 182 Å². The van der Waals surface area contributed by atoms with Gasteiger partial charge in [-0.3, -0.25) is 4.79 Å². The first-order valence-corrected chi connectivity index (χ1v) is 12.2. The van der Waals surface area contributed by atoms with Gasteiger partial charge in [-0.2, -0.15) is 4.31 Å². The molecule has 30 heavy (non-hydrogen) atoms. The Morgan fingerprint density at radius 3 is 2.17 bits per heavy atom. The van der Waals surface area contributed by atoms with Crippen molar-refractivity contribution < 1.29 is 13.2 Å². The molecule has 1 amide bonds. The molecule has 1 aromatic heterocycles. The lowest BCUT2D eigenvalue weighted by Gasteiger charge is -2.27. The number of carbonyl (C=O) groups excluding carboxylic acids is 1. The van der Waals surface area contributed by atoms with Crippen molar-refractivity contribution in [3.63, 3.8) is 0 Å². The average molecular weight is 443 g/mol. The second kappa shape index (κ2) is 10.5. The highest BCUT2D eigenvalue weighted by molar-refractivity contribution is 7.89. The smallest absolute Gasteiger partial charge is 0.243 e. The minimum absolute atomic E-state index is 0.177. The molecule has 3 rings (SSSR count). The highest BCUT2D eigenvalue weighted by Crippen LogP contribution is 2.18. The van der Waals surface area contributed by atoms with Crippen molar-refractivity contribution in [2.24, 2.45) is 0 Å². The predicted octanol–water partition coefficient (Wildman–Crippen LogP) is 4.38. The van der Waals surface area contributed by atoms with Gasteiger partial charge in [0.1, 0.15) is 0 Å². The van der Waals surface area contributed by atoms with E-state index in [1.165, 1.54) is 4.31 Å². The molecule has 0 saturated carbocycles. The van der Waals surface area contributed by atoms with Crippen molar-refractivity contribution in [3.8, 4) is 0 Å². The molecule has 0 aliphatic rings. The van der Waals surface area contributed by atoms with Crippen molar-refractivity contribution in [3.05, 3.63) is 88.6 Å². The number of benzene rings is 2. The SMILES string of the molecule is CCCN(CC(=O)N(Cc1ccccc1)Cc1cccs1)S(=O)(=O)c1ccccc1. The van der Waals surface area contributed by atoms with E-state index in [1.54, 1.807) is 46.6 Å². The monoisotopic (exact) mass is 442 g/mol. The summed E-state index contributed by atoms with van der Waals surface area (Å²) in [6.07, 6.45) is 0.628. The van der Waals surface area contributed by atoms with E-state index in [-0.39, 0.29) is 17.3 Å². The maximum Gasteiger partial charge on any atom is 0.243 e. The number of nitrogens with zero attached hydrogens (tertiary/aromatic N) is 2. The molecule has 0 spiro atoms. The number of carbonyl (C=O) groups is 1. The number of hydrogen-bond donors (Lipinski definition) is 0. The summed E-state index contributed by atoms with van der Waals surface area (Å²) in [5, 5.41) is 1.98. The summed E-state index contributed by atoms with van der Waals surface area (Å²) < 4.78 is 27.5. The predicted molar refractivity (Wildman–Crippen MR) is 121 cm³/mol. The molecule has 5 nitrogen and oxygen atoms in total. The Kier molecular flexibility index (Phi) is 7.79. The van der Waals surface area contributed by atoms with Gasteiger partial charge in [-0.25, -0.2) is 8.42 Å². The first-order chi connectivity index (χ1) is 14.5. The highest BCUT2D eigenvalue weighted by atomic mass is 32.2. The molecule has 0 bridgehead atoms. The van der Waals surface area contributed by atoms with Crippen molar-refractivity contribution >= 4 is 27.3 Å². The molecule has 0 N–H and O–H groups in total. The van der Waals surface area contributed by atoms with E-state index in [1.807, 2.05) is 54.8 Å². The van der Waals surface area contributed by atoms with Crippen LogP contribution in [0.4, 0.5) is 0 Å². The summed E-state index contributed by atoms with van der Waals surface area (Å²) in [5.41, 5.74) is 1.01. The fourth-order valence-electron chi connectivity index (χ4n) is 3.15. The van der Waals surface area contributed by atoms with Crippen LogP contribution in [0.25, 0.3) is 0 Å². The van der Waals surface area contributed by atoms with Crippen LogP contribution in [0.15, 0.2) is 83.1 Å². The van der Waals surface area contributed by atoms with Crippen LogP contribution < -0.4 is 0 Å². The summed E-state index contributed by atoms with van der Waals surface area (Å²) in [4.78, 5) is 16.3. The van der Waals surface area contributed by atoms with Gasteiger partial charge in [0.05, 0.1) is 18.0 Å². The highest BCUT2D eigenvalue weighted by Gasteiger charge is 2.28. The normalized spacial score (nSPS) is 11.5. The zero-order valence-corrected chi connectivity index (χ0v) is 18.6. The van der Waals surface area contributed by atoms with Gasteiger partial charge < -0.3 is 4.90 Å². The first-order valence-electron chi connectivity index (χ1n) is 9.90. The third-order valence-corrected chi connectivity index (χ3v) is 7.38. The fourth-order valence-corrected chi connectivity index (χ4v) is 5.37. The molecule has 158 valence electrons. The largest absolute Gasteiger partial charge is 0.332 e. The number of rotatable bonds is 10. The lowest BCUT2D eigenvalue weighted by molar-refractivity contribution is -0.132. The topological polar surface area (TPSA) is 57.7 Å². The van der Waals surface area contributed by atoms with Gasteiger partial charge in [-0.15, -0.1) is 11.3 Å². The third-order valence-electron chi connectivity index (χ3n) is 4.66. The second-order valence-corrected chi connectivity index (χ2v) is 9.94. The van der Waals surface area contributed by atoms with E-state index >= 15 is 0 Å². The van der Waals surface area contributed by atoms with Gasteiger partial charge in [-0.1, -0.05) is 61.5 Å². The maximum absolute atomic E-state index is 13.3. The molecule has 0 radical (unpaired) electrons. The quantitative estimate of drug-likeness (QED) is 0.468. The Hall–Kier alpha value is -2.48. The third kappa shape index (κ3) is 5.78. The van der Waals surface area contributed by atoms with Gasteiger partial charge in [0, 0.05) is 18.0 Å².